The Bertz CT molecular complexity index is 347. The molecule has 0 saturated heterocycles. The second-order valence-electron chi connectivity index (χ2n) is 4.40. The summed E-state index contributed by atoms with van der Waals surface area (Å²) < 4.78 is 4.90. The van der Waals surface area contributed by atoms with Crippen LogP contribution in [0.4, 0.5) is 0 Å². The first-order valence-electron chi connectivity index (χ1n) is 6.20. The van der Waals surface area contributed by atoms with Gasteiger partial charge in [-0.3, -0.25) is 14.4 Å². The number of rotatable bonds is 11. The number of hydrogen-bond donors (Lipinski definition) is 1. The van der Waals surface area contributed by atoms with E-state index >= 15 is 0 Å². The summed E-state index contributed by atoms with van der Waals surface area (Å²) in [7, 11) is 0. The minimum atomic E-state index is -1.10. The highest BCUT2D eigenvalue weighted by Crippen LogP contribution is 2.12. The number of Topliss-reactive ketones (excluding diaryl/α,β-unsaturated/α-hetero) is 3. The van der Waals surface area contributed by atoms with Gasteiger partial charge in [0.1, 0.15) is 19.0 Å². The van der Waals surface area contributed by atoms with Gasteiger partial charge < -0.3 is 14.6 Å². The molecule has 0 aromatic carbocycles. The lowest BCUT2D eigenvalue weighted by Crippen LogP contribution is -2.22. The molecule has 0 rings (SSSR count). The SMILES string of the molecule is CCC(=O)COCC(=O)C[C@@H](CCC(C)=O)C(=O)O. The van der Waals surface area contributed by atoms with Crippen LogP contribution < -0.4 is 0 Å². The van der Waals surface area contributed by atoms with E-state index in [0.29, 0.717) is 6.42 Å². The number of ether oxygens (including phenoxy) is 1. The van der Waals surface area contributed by atoms with Gasteiger partial charge >= 0.3 is 5.97 Å². The highest BCUT2D eigenvalue weighted by atomic mass is 16.5. The lowest BCUT2D eigenvalue weighted by Gasteiger charge is -2.10. The van der Waals surface area contributed by atoms with E-state index in [-0.39, 0.29) is 49.8 Å². The van der Waals surface area contributed by atoms with Gasteiger partial charge in [-0.2, -0.15) is 0 Å². The van der Waals surface area contributed by atoms with Gasteiger partial charge in [-0.15, -0.1) is 0 Å². The van der Waals surface area contributed by atoms with E-state index in [1.165, 1.54) is 6.92 Å². The maximum Gasteiger partial charge on any atom is 0.306 e. The molecule has 0 aliphatic rings. The summed E-state index contributed by atoms with van der Waals surface area (Å²) in [6.07, 6.45) is 0.442. The number of carboxylic acid groups (broad SMARTS) is 1. The Morgan fingerprint density at radius 3 is 2.16 bits per heavy atom. The maximum atomic E-state index is 11.5. The number of hydrogen-bond acceptors (Lipinski definition) is 5. The topological polar surface area (TPSA) is 97.7 Å². The van der Waals surface area contributed by atoms with Crippen LogP contribution in [-0.2, 0) is 23.9 Å². The molecule has 1 N–H and O–H groups in total. The summed E-state index contributed by atoms with van der Waals surface area (Å²) in [5, 5.41) is 8.93. The molecule has 0 aliphatic heterocycles. The van der Waals surface area contributed by atoms with Crippen molar-refractivity contribution in [1.29, 1.82) is 0 Å². The molecule has 19 heavy (non-hydrogen) atoms. The zero-order valence-corrected chi connectivity index (χ0v) is 11.3. The summed E-state index contributed by atoms with van der Waals surface area (Å²) in [5.41, 5.74) is 0. The Hall–Kier alpha value is -1.56. The molecule has 0 fully saturated rings. The van der Waals surface area contributed by atoms with Crippen LogP contribution >= 0.6 is 0 Å². The van der Waals surface area contributed by atoms with E-state index in [2.05, 4.69) is 0 Å². The lowest BCUT2D eigenvalue weighted by molar-refractivity contribution is -0.145. The summed E-state index contributed by atoms with van der Waals surface area (Å²) in [5.74, 6) is -2.57. The first-order valence-corrected chi connectivity index (χ1v) is 6.20. The molecule has 0 aliphatic carbocycles. The third-order valence-electron chi connectivity index (χ3n) is 2.59. The van der Waals surface area contributed by atoms with Gasteiger partial charge in [0.2, 0.25) is 0 Å². The van der Waals surface area contributed by atoms with E-state index in [1.54, 1.807) is 6.92 Å². The average Bonchev–Trinajstić information content (AvgIpc) is 2.33. The largest absolute Gasteiger partial charge is 0.481 e. The van der Waals surface area contributed by atoms with Crippen molar-refractivity contribution in [3.63, 3.8) is 0 Å². The molecule has 0 bridgehead atoms. The van der Waals surface area contributed by atoms with Crippen molar-refractivity contribution >= 4 is 23.3 Å². The van der Waals surface area contributed by atoms with E-state index in [4.69, 9.17) is 9.84 Å². The van der Waals surface area contributed by atoms with Crippen molar-refractivity contribution in [2.24, 2.45) is 5.92 Å². The second-order valence-corrected chi connectivity index (χ2v) is 4.40. The Morgan fingerprint density at radius 1 is 1.11 bits per heavy atom. The molecule has 0 aromatic rings. The molecule has 1 atom stereocenters. The number of carbonyl (C=O) groups excluding carboxylic acids is 3. The number of ketones is 3. The molecule has 0 spiro atoms. The first-order chi connectivity index (χ1) is 8.86. The fourth-order valence-electron chi connectivity index (χ4n) is 1.40. The minimum absolute atomic E-state index is 0.108. The molecule has 0 aromatic heterocycles. The number of aliphatic carboxylic acids is 1. The predicted octanol–water partition coefficient (Wildman–Crippen LogP) is 1.01. The van der Waals surface area contributed by atoms with Crippen LogP contribution in [0.1, 0.15) is 39.5 Å². The van der Waals surface area contributed by atoms with Crippen LogP contribution in [0.2, 0.25) is 0 Å². The van der Waals surface area contributed by atoms with Crippen LogP contribution in [0.5, 0.6) is 0 Å². The monoisotopic (exact) mass is 272 g/mol. The molecular weight excluding hydrogens is 252 g/mol. The van der Waals surface area contributed by atoms with Crippen molar-refractivity contribution in [3.05, 3.63) is 0 Å². The Kier molecular flexibility index (Phi) is 8.61. The number of carboxylic acids is 1. The van der Waals surface area contributed by atoms with E-state index in [0.717, 1.165) is 0 Å². The van der Waals surface area contributed by atoms with Crippen LogP contribution in [0, 0.1) is 5.92 Å². The average molecular weight is 272 g/mol. The summed E-state index contributed by atoms with van der Waals surface area (Å²) in [6, 6.07) is 0. The van der Waals surface area contributed by atoms with Gasteiger partial charge in [-0.05, 0) is 13.3 Å². The van der Waals surface area contributed by atoms with Gasteiger partial charge in [0.15, 0.2) is 11.6 Å². The fraction of sp³-hybridized carbons (Fsp3) is 0.692. The van der Waals surface area contributed by atoms with Gasteiger partial charge in [0.05, 0.1) is 5.92 Å². The van der Waals surface area contributed by atoms with Gasteiger partial charge in [0.25, 0.3) is 0 Å². The van der Waals surface area contributed by atoms with Gasteiger partial charge in [0, 0.05) is 19.3 Å². The second kappa shape index (κ2) is 9.38. The molecule has 6 nitrogen and oxygen atoms in total. The third kappa shape index (κ3) is 9.07. The van der Waals surface area contributed by atoms with E-state index in [1.807, 2.05) is 0 Å². The van der Waals surface area contributed by atoms with Crippen LogP contribution in [0.3, 0.4) is 0 Å². The predicted molar refractivity (Wildman–Crippen MR) is 66.8 cm³/mol. The lowest BCUT2D eigenvalue weighted by atomic mass is 9.96. The molecule has 0 radical (unpaired) electrons. The Labute approximate surface area is 112 Å². The standard InChI is InChI=1S/C13H20O6/c1-3-11(15)7-19-8-12(16)6-10(13(17)18)5-4-9(2)14/h10H,3-8H2,1-2H3,(H,17,18)/t10-/m1/s1. The molecule has 0 unspecified atom stereocenters. The van der Waals surface area contributed by atoms with E-state index in [9.17, 15) is 19.2 Å². The van der Waals surface area contributed by atoms with Crippen molar-refractivity contribution in [1.82, 2.24) is 0 Å². The minimum Gasteiger partial charge on any atom is -0.481 e. The normalized spacial score (nSPS) is 11.9. The van der Waals surface area contributed by atoms with Crippen molar-refractivity contribution < 1.29 is 29.0 Å². The molecule has 0 heterocycles. The highest BCUT2D eigenvalue weighted by Gasteiger charge is 2.21. The van der Waals surface area contributed by atoms with Gasteiger partial charge in [-0.25, -0.2) is 0 Å². The molecular formula is C13H20O6. The summed E-state index contributed by atoms with van der Waals surface area (Å²) >= 11 is 0. The first kappa shape index (κ1) is 17.4. The molecule has 6 heteroatoms. The van der Waals surface area contributed by atoms with Crippen LogP contribution in [-0.4, -0.2) is 41.6 Å². The molecule has 0 saturated carbocycles. The summed E-state index contributed by atoms with van der Waals surface area (Å²) in [4.78, 5) is 44.1. The Balaban J connectivity index is 4.06. The van der Waals surface area contributed by atoms with Crippen molar-refractivity contribution in [3.8, 4) is 0 Å². The fourth-order valence-corrected chi connectivity index (χ4v) is 1.40. The molecule has 0 amide bonds. The number of carbonyl (C=O) groups is 4. The smallest absolute Gasteiger partial charge is 0.306 e. The van der Waals surface area contributed by atoms with Crippen molar-refractivity contribution in [2.75, 3.05) is 13.2 Å². The zero-order valence-electron chi connectivity index (χ0n) is 11.3. The third-order valence-corrected chi connectivity index (χ3v) is 2.59. The van der Waals surface area contributed by atoms with Crippen LogP contribution in [0.25, 0.3) is 0 Å². The highest BCUT2D eigenvalue weighted by molar-refractivity contribution is 5.85. The molecule has 108 valence electrons. The van der Waals surface area contributed by atoms with Crippen LogP contribution in [0.15, 0.2) is 0 Å². The van der Waals surface area contributed by atoms with Gasteiger partial charge in [-0.1, -0.05) is 6.92 Å². The maximum absolute atomic E-state index is 11.5. The zero-order chi connectivity index (χ0) is 14.8. The summed E-state index contributed by atoms with van der Waals surface area (Å²) in [6.45, 7) is 2.67. The van der Waals surface area contributed by atoms with Crippen molar-refractivity contribution in [2.45, 2.75) is 39.5 Å². The van der Waals surface area contributed by atoms with E-state index < -0.39 is 11.9 Å². The Morgan fingerprint density at radius 2 is 1.68 bits per heavy atom. The quantitative estimate of drug-likeness (QED) is 0.603.